The molecule has 2 rings (SSSR count). The van der Waals surface area contributed by atoms with Crippen LogP contribution in [-0.4, -0.2) is 47.5 Å². The van der Waals surface area contributed by atoms with Crippen LogP contribution in [0.5, 0.6) is 0 Å². The molecule has 0 aliphatic carbocycles. The fourth-order valence-corrected chi connectivity index (χ4v) is 3.89. The van der Waals surface area contributed by atoms with Gasteiger partial charge in [-0.05, 0) is 38.1 Å². The molecule has 0 aromatic rings. The lowest BCUT2D eigenvalue weighted by atomic mass is 10.0. The fraction of sp³-hybridized carbons (Fsp3) is 0.933. The minimum atomic E-state index is 0.531. The molecule has 0 aromatic carbocycles. The first-order chi connectivity index (χ1) is 9.19. The van der Waals surface area contributed by atoms with E-state index in [2.05, 4.69) is 31.0 Å². The monoisotopic (exact) mass is 283 g/mol. The number of amidine groups is 1. The molecule has 1 fully saturated rings. The molecule has 0 aromatic heterocycles. The van der Waals surface area contributed by atoms with E-state index in [-0.39, 0.29) is 0 Å². The van der Waals surface area contributed by atoms with Gasteiger partial charge in [0.25, 0.3) is 0 Å². The Hall–Kier alpha value is -0.220. The highest BCUT2D eigenvalue weighted by Gasteiger charge is 2.23. The van der Waals surface area contributed by atoms with Crippen molar-refractivity contribution in [1.82, 2.24) is 10.2 Å². The van der Waals surface area contributed by atoms with Crippen molar-refractivity contribution in [2.45, 2.75) is 58.5 Å². The summed E-state index contributed by atoms with van der Waals surface area (Å²) in [6.45, 7) is 10.6. The van der Waals surface area contributed by atoms with Crippen LogP contribution in [0.25, 0.3) is 0 Å². The Balaban J connectivity index is 1.79. The Morgan fingerprint density at radius 2 is 2.05 bits per heavy atom. The van der Waals surface area contributed by atoms with Crippen molar-refractivity contribution in [3.05, 3.63) is 0 Å². The largest absolute Gasteiger partial charge is 0.362 e. The maximum Gasteiger partial charge on any atom is 0.157 e. The molecule has 0 saturated carbocycles. The van der Waals surface area contributed by atoms with Crippen molar-refractivity contribution in [2.24, 2.45) is 10.9 Å². The molecule has 19 heavy (non-hydrogen) atoms. The highest BCUT2D eigenvalue weighted by Crippen LogP contribution is 2.22. The van der Waals surface area contributed by atoms with E-state index in [0.717, 1.165) is 0 Å². The zero-order valence-electron chi connectivity index (χ0n) is 12.7. The maximum absolute atomic E-state index is 4.89. The van der Waals surface area contributed by atoms with Gasteiger partial charge in [-0.25, -0.2) is 0 Å². The predicted octanol–water partition coefficient (Wildman–Crippen LogP) is 2.97. The molecule has 2 heterocycles. The first-order valence-corrected chi connectivity index (χ1v) is 8.87. The minimum Gasteiger partial charge on any atom is -0.362 e. The third kappa shape index (κ3) is 4.67. The fourth-order valence-electron chi connectivity index (χ4n) is 2.88. The Morgan fingerprint density at radius 3 is 2.68 bits per heavy atom. The highest BCUT2D eigenvalue weighted by atomic mass is 32.2. The molecule has 2 aliphatic rings. The average Bonchev–Trinajstić information content (AvgIpc) is 2.42. The van der Waals surface area contributed by atoms with Crippen LogP contribution in [-0.2, 0) is 0 Å². The second kappa shape index (κ2) is 7.53. The lowest BCUT2D eigenvalue weighted by molar-refractivity contribution is 0.207. The number of nitrogens with one attached hydrogen (secondary N) is 1. The number of aliphatic imine (C=N–C) groups is 1. The smallest absolute Gasteiger partial charge is 0.157 e. The molecule has 0 spiro atoms. The van der Waals surface area contributed by atoms with Gasteiger partial charge in [0.15, 0.2) is 5.17 Å². The molecule has 1 unspecified atom stereocenters. The standard InChI is InChI=1S/C15H29N3S/c1-4-8-18-9-5-13(6-10-18)16-15-17-14(12(2)3)7-11-19-15/h12-14H,4-11H2,1-3H3,(H,16,17). The predicted molar refractivity (Wildman–Crippen MR) is 86.0 cm³/mol. The number of hydrogen-bond acceptors (Lipinski definition) is 4. The van der Waals surface area contributed by atoms with E-state index in [1.807, 2.05) is 11.8 Å². The van der Waals surface area contributed by atoms with E-state index >= 15 is 0 Å². The van der Waals surface area contributed by atoms with Crippen LogP contribution in [0.1, 0.15) is 46.5 Å². The highest BCUT2D eigenvalue weighted by molar-refractivity contribution is 8.13. The third-order valence-corrected chi connectivity index (χ3v) is 5.10. The lowest BCUT2D eigenvalue weighted by Gasteiger charge is -2.33. The van der Waals surface area contributed by atoms with Gasteiger partial charge in [-0.1, -0.05) is 32.5 Å². The lowest BCUT2D eigenvalue weighted by Crippen LogP contribution is -2.45. The van der Waals surface area contributed by atoms with Crippen LogP contribution < -0.4 is 5.32 Å². The van der Waals surface area contributed by atoms with Gasteiger partial charge in [-0.15, -0.1) is 0 Å². The van der Waals surface area contributed by atoms with Crippen molar-refractivity contribution in [2.75, 3.05) is 25.4 Å². The average molecular weight is 283 g/mol. The van der Waals surface area contributed by atoms with E-state index in [1.165, 1.54) is 56.2 Å². The van der Waals surface area contributed by atoms with Gasteiger partial charge < -0.3 is 10.2 Å². The van der Waals surface area contributed by atoms with E-state index < -0.39 is 0 Å². The van der Waals surface area contributed by atoms with E-state index in [0.29, 0.717) is 18.0 Å². The Labute approximate surface area is 122 Å². The number of hydrogen-bond donors (Lipinski definition) is 1. The molecular weight excluding hydrogens is 254 g/mol. The van der Waals surface area contributed by atoms with Crippen molar-refractivity contribution >= 4 is 16.9 Å². The van der Waals surface area contributed by atoms with E-state index in [1.54, 1.807) is 0 Å². The number of likely N-dealkylation sites (tertiary alicyclic amines) is 1. The summed E-state index contributed by atoms with van der Waals surface area (Å²) in [4.78, 5) is 7.47. The van der Waals surface area contributed by atoms with Crippen LogP contribution in [0.2, 0.25) is 0 Å². The van der Waals surface area contributed by atoms with Crippen LogP contribution in [0.4, 0.5) is 0 Å². The number of piperidine rings is 1. The molecule has 0 bridgehead atoms. The molecule has 1 atom stereocenters. The number of thioether (sulfide) groups is 1. The summed E-state index contributed by atoms with van der Waals surface area (Å²) in [6, 6.07) is 1.18. The Kier molecular flexibility index (Phi) is 6.02. The molecule has 0 amide bonds. The molecule has 0 radical (unpaired) electrons. The van der Waals surface area contributed by atoms with Crippen molar-refractivity contribution in [1.29, 1.82) is 0 Å². The van der Waals surface area contributed by atoms with Gasteiger partial charge in [-0.2, -0.15) is 0 Å². The van der Waals surface area contributed by atoms with E-state index in [9.17, 15) is 0 Å². The molecule has 2 aliphatic heterocycles. The molecule has 110 valence electrons. The normalized spacial score (nSPS) is 26.5. The summed E-state index contributed by atoms with van der Waals surface area (Å²) in [7, 11) is 0. The summed E-state index contributed by atoms with van der Waals surface area (Å²) in [6.07, 6.45) is 5.05. The van der Waals surface area contributed by atoms with Crippen molar-refractivity contribution in [3.8, 4) is 0 Å². The van der Waals surface area contributed by atoms with Crippen molar-refractivity contribution in [3.63, 3.8) is 0 Å². The zero-order chi connectivity index (χ0) is 13.7. The van der Waals surface area contributed by atoms with Crippen LogP contribution in [0.3, 0.4) is 0 Å². The SMILES string of the molecule is CCCN1CCC(NC2=NC(C(C)C)CCS2)CC1. The summed E-state index contributed by atoms with van der Waals surface area (Å²) in [5.41, 5.74) is 0. The van der Waals surface area contributed by atoms with Crippen LogP contribution in [0.15, 0.2) is 4.99 Å². The molecule has 4 heteroatoms. The quantitative estimate of drug-likeness (QED) is 0.859. The van der Waals surface area contributed by atoms with Gasteiger partial charge in [0, 0.05) is 24.9 Å². The first-order valence-electron chi connectivity index (χ1n) is 7.88. The third-order valence-electron chi connectivity index (χ3n) is 4.16. The molecule has 3 nitrogen and oxygen atoms in total. The van der Waals surface area contributed by atoms with Gasteiger partial charge >= 0.3 is 0 Å². The first kappa shape index (κ1) is 15.2. The van der Waals surface area contributed by atoms with Gasteiger partial charge in [0.05, 0.1) is 6.04 Å². The molecule has 1 saturated heterocycles. The summed E-state index contributed by atoms with van der Waals surface area (Å²) in [5.74, 6) is 1.90. The van der Waals surface area contributed by atoms with E-state index in [4.69, 9.17) is 4.99 Å². The minimum absolute atomic E-state index is 0.531. The maximum atomic E-state index is 4.89. The zero-order valence-corrected chi connectivity index (χ0v) is 13.5. The topological polar surface area (TPSA) is 27.6 Å². The second-order valence-electron chi connectivity index (χ2n) is 6.14. The van der Waals surface area contributed by atoms with Crippen molar-refractivity contribution < 1.29 is 0 Å². The second-order valence-corrected chi connectivity index (χ2v) is 7.23. The van der Waals surface area contributed by atoms with Gasteiger partial charge in [0.2, 0.25) is 0 Å². The summed E-state index contributed by atoms with van der Waals surface area (Å²) in [5, 5.41) is 4.90. The number of nitrogens with zero attached hydrogens (tertiary/aromatic N) is 2. The van der Waals surface area contributed by atoms with Gasteiger partial charge in [0.1, 0.15) is 0 Å². The van der Waals surface area contributed by atoms with Crippen LogP contribution in [0, 0.1) is 5.92 Å². The number of rotatable bonds is 4. The summed E-state index contributed by atoms with van der Waals surface area (Å²) >= 11 is 1.91. The molecule has 1 N–H and O–H groups in total. The summed E-state index contributed by atoms with van der Waals surface area (Å²) < 4.78 is 0. The van der Waals surface area contributed by atoms with Crippen LogP contribution >= 0.6 is 11.8 Å². The Morgan fingerprint density at radius 1 is 1.32 bits per heavy atom. The molecular formula is C15H29N3S. The van der Waals surface area contributed by atoms with Gasteiger partial charge in [-0.3, -0.25) is 4.99 Å². The Bertz CT molecular complexity index is 296.